The van der Waals surface area contributed by atoms with Gasteiger partial charge in [0.15, 0.2) is 5.75 Å². The zero-order valence-corrected chi connectivity index (χ0v) is 8.98. The smallest absolute Gasteiger partial charge is 0.206 e. The van der Waals surface area contributed by atoms with Gasteiger partial charge < -0.3 is 14.6 Å². The van der Waals surface area contributed by atoms with Gasteiger partial charge in [0.25, 0.3) is 0 Å². The molecule has 0 radical (unpaired) electrons. The van der Waals surface area contributed by atoms with Gasteiger partial charge in [-0.2, -0.15) is 8.78 Å². The lowest BCUT2D eigenvalue weighted by molar-refractivity contribution is 0.0680. The minimum Gasteiger partial charge on any atom is -0.485 e. The van der Waals surface area contributed by atoms with E-state index in [0.29, 0.717) is 0 Å². The molecule has 0 amide bonds. The molecule has 0 fully saturated rings. The molecule has 0 heterocycles. The topological polar surface area (TPSA) is 38.7 Å². The van der Waals surface area contributed by atoms with E-state index >= 15 is 0 Å². The van der Waals surface area contributed by atoms with Crippen molar-refractivity contribution < 1.29 is 36.5 Å². The molecule has 1 N–H and O–H groups in total. The summed E-state index contributed by atoms with van der Waals surface area (Å²) in [6, 6.07) is 0. The van der Waals surface area contributed by atoms with Crippen LogP contribution in [0.3, 0.4) is 0 Å². The fourth-order valence-electron chi connectivity index (χ4n) is 1.08. The number of halogens is 5. The number of rotatable bonds is 6. The molecule has 8 heteroatoms. The molecule has 1 rings (SSSR count). The molecule has 0 aliphatic rings. The van der Waals surface area contributed by atoms with Crippen molar-refractivity contribution in [3.8, 4) is 5.75 Å². The first-order valence-electron chi connectivity index (χ1n) is 4.83. The Hall–Kier alpha value is -1.41. The van der Waals surface area contributed by atoms with E-state index in [1.165, 1.54) is 0 Å². The molecule has 0 aliphatic heterocycles. The summed E-state index contributed by atoms with van der Waals surface area (Å²) < 4.78 is 73.3. The van der Waals surface area contributed by atoms with Crippen molar-refractivity contribution in [1.82, 2.24) is 0 Å². The average Bonchev–Trinajstić information content (AvgIpc) is 2.37. The Labute approximate surface area is 98.7 Å². The van der Waals surface area contributed by atoms with E-state index in [1.54, 1.807) is 0 Å². The van der Waals surface area contributed by atoms with Crippen molar-refractivity contribution in [2.24, 2.45) is 0 Å². The summed E-state index contributed by atoms with van der Waals surface area (Å²) in [6.45, 7) is -0.874. The zero-order valence-electron chi connectivity index (χ0n) is 8.98. The largest absolute Gasteiger partial charge is 0.485 e. The van der Waals surface area contributed by atoms with Crippen molar-refractivity contribution in [1.29, 1.82) is 0 Å². The highest BCUT2D eigenvalue weighted by atomic mass is 19.2. The quantitative estimate of drug-likeness (QED) is 0.371. The van der Waals surface area contributed by atoms with E-state index in [1.807, 2.05) is 0 Å². The first-order chi connectivity index (χ1) is 8.50. The minimum absolute atomic E-state index is 0.0273. The van der Waals surface area contributed by atoms with Crippen molar-refractivity contribution in [2.75, 3.05) is 26.4 Å². The van der Waals surface area contributed by atoms with Gasteiger partial charge in [0, 0.05) is 0 Å². The highest BCUT2D eigenvalue weighted by Gasteiger charge is 2.26. The van der Waals surface area contributed by atoms with Crippen LogP contribution in [0.4, 0.5) is 22.0 Å². The van der Waals surface area contributed by atoms with Crippen molar-refractivity contribution in [3.63, 3.8) is 0 Å². The standard InChI is InChI=1S/C10H9F5O3/c11-5-6(12)8(14)10(9(15)7(5)13)18-4-3-17-2-1-16/h16H,1-4H2. The number of hydrogen-bond donors (Lipinski definition) is 1. The lowest BCUT2D eigenvalue weighted by atomic mass is 10.2. The van der Waals surface area contributed by atoms with Crippen LogP contribution in [-0.2, 0) is 4.74 Å². The van der Waals surface area contributed by atoms with Gasteiger partial charge in [0.1, 0.15) is 6.61 Å². The van der Waals surface area contributed by atoms with E-state index < -0.39 is 41.4 Å². The first kappa shape index (κ1) is 14.7. The van der Waals surface area contributed by atoms with Crippen LogP contribution in [0.1, 0.15) is 0 Å². The Morgan fingerprint density at radius 1 is 0.722 bits per heavy atom. The van der Waals surface area contributed by atoms with E-state index in [-0.39, 0.29) is 19.8 Å². The normalized spacial score (nSPS) is 10.8. The predicted octanol–water partition coefficient (Wildman–Crippen LogP) is 1.77. The summed E-state index contributed by atoms with van der Waals surface area (Å²) in [5.74, 6) is -11.8. The molecule has 0 aromatic heterocycles. The molecule has 3 nitrogen and oxygen atoms in total. The summed E-state index contributed by atoms with van der Waals surface area (Å²) in [5, 5.41) is 8.35. The number of aliphatic hydroxyl groups excluding tert-OH is 1. The van der Waals surface area contributed by atoms with Gasteiger partial charge in [0.05, 0.1) is 19.8 Å². The summed E-state index contributed by atoms with van der Waals surface area (Å²) in [7, 11) is 0. The Kier molecular flexibility index (Phi) is 5.29. The SMILES string of the molecule is OCCOCCOc1c(F)c(F)c(F)c(F)c1F. The molecule has 0 unspecified atom stereocenters. The molecule has 0 bridgehead atoms. The Morgan fingerprint density at radius 3 is 1.72 bits per heavy atom. The number of hydrogen-bond acceptors (Lipinski definition) is 3. The molecule has 1 aromatic rings. The summed E-state index contributed by atoms with van der Waals surface area (Å²) in [5.41, 5.74) is 0. The second-order valence-electron chi connectivity index (χ2n) is 3.08. The molecule has 102 valence electrons. The van der Waals surface area contributed by atoms with Crippen LogP contribution < -0.4 is 4.74 Å². The highest BCUT2D eigenvalue weighted by molar-refractivity contribution is 5.29. The second-order valence-corrected chi connectivity index (χ2v) is 3.08. The predicted molar refractivity (Wildman–Crippen MR) is 49.6 cm³/mol. The zero-order chi connectivity index (χ0) is 13.7. The van der Waals surface area contributed by atoms with Crippen LogP contribution in [-0.4, -0.2) is 31.5 Å². The van der Waals surface area contributed by atoms with E-state index in [0.717, 1.165) is 0 Å². The van der Waals surface area contributed by atoms with Crippen LogP contribution in [0.15, 0.2) is 0 Å². The summed E-state index contributed by atoms with van der Waals surface area (Å²) in [4.78, 5) is 0. The maximum Gasteiger partial charge on any atom is 0.206 e. The molecule has 0 atom stereocenters. The van der Waals surface area contributed by atoms with E-state index in [2.05, 4.69) is 9.47 Å². The lowest BCUT2D eigenvalue weighted by Gasteiger charge is -2.10. The molecular weight excluding hydrogens is 263 g/mol. The van der Waals surface area contributed by atoms with Crippen LogP contribution in [0, 0.1) is 29.1 Å². The third-order valence-corrected chi connectivity index (χ3v) is 1.88. The average molecular weight is 272 g/mol. The maximum atomic E-state index is 13.1. The summed E-state index contributed by atoms with van der Waals surface area (Å²) >= 11 is 0. The number of ether oxygens (including phenoxy) is 2. The first-order valence-corrected chi connectivity index (χ1v) is 4.83. The van der Waals surface area contributed by atoms with Gasteiger partial charge in [0.2, 0.25) is 29.1 Å². The fraction of sp³-hybridized carbons (Fsp3) is 0.400. The van der Waals surface area contributed by atoms with Gasteiger partial charge in [-0.25, -0.2) is 13.2 Å². The van der Waals surface area contributed by atoms with Crippen molar-refractivity contribution in [3.05, 3.63) is 29.1 Å². The van der Waals surface area contributed by atoms with Crippen LogP contribution >= 0.6 is 0 Å². The van der Waals surface area contributed by atoms with Gasteiger partial charge in [-0.3, -0.25) is 0 Å². The van der Waals surface area contributed by atoms with Gasteiger partial charge in [-0.15, -0.1) is 0 Å². The Bertz CT molecular complexity index is 395. The van der Waals surface area contributed by atoms with Gasteiger partial charge in [-0.1, -0.05) is 0 Å². The van der Waals surface area contributed by atoms with Gasteiger partial charge in [-0.05, 0) is 0 Å². The lowest BCUT2D eigenvalue weighted by Crippen LogP contribution is -2.12. The molecule has 0 aliphatic carbocycles. The summed E-state index contributed by atoms with van der Waals surface area (Å²) in [6.07, 6.45) is 0. The van der Waals surface area contributed by atoms with Crippen molar-refractivity contribution in [2.45, 2.75) is 0 Å². The maximum absolute atomic E-state index is 13.1. The third kappa shape index (κ3) is 3.08. The fourth-order valence-corrected chi connectivity index (χ4v) is 1.08. The molecular formula is C10H9F5O3. The van der Waals surface area contributed by atoms with Crippen LogP contribution in [0.2, 0.25) is 0 Å². The van der Waals surface area contributed by atoms with Crippen LogP contribution in [0.25, 0.3) is 0 Å². The molecule has 1 aromatic carbocycles. The molecule has 0 saturated heterocycles. The second kappa shape index (κ2) is 6.50. The monoisotopic (exact) mass is 272 g/mol. The Morgan fingerprint density at radius 2 is 1.22 bits per heavy atom. The third-order valence-electron chi connectivity index (χ3n) is 1.88. The number of benzene rings is 1. The Balaban J connectivity index is 2.77. The van der Waals surface area contributed by atoms with E-state index in [4.69, 9.17) is 5.11 Å². The number of aliphatic hydroxyl groups is 1. The van der Waals surface area contributed by atoms with Crippen LogP contribution in [0.5, 0.6) is 5.75 Å². The minimum atomic E-state index is -2.24. The highest BCUT2D eigenvalue weighted by Crippen LogP contribution is 2.28. The van der Waals surface area contributed by atoms with E-state index in [9.17, 15) is 22.0 Å². The van der Waals surface area contributed by atoms with Gasteiger partial charge >= 0.3 is 0 Å². The molecule has 0 spiro atoms. The molecule has 0 saturated carbocycles. The van der Waals surface area contributed by atoms with Crippen molar-refractivity contribution >= 4 is 0 Å². The molecule has 18 heavy (non-hydrogen) atoms.